The number of hydrogen-bond acceptors (Lipinski definition) is 1. The van der Waals surface area contributed by atoms with E-state index >= 15 is 0 Å². The molecule has 1 aliphatic carbocycles. The Labute approximate surface area is 104 Å². The summed E-state index contributed by atoms with van der Waals surface area (Å²) in [5.74, 6) is 0. The van der Waals surface area contributed by atoms with Crippen molar-refractivity contribution in [2.75, 3.05) is 0 Å². The zero-order valence-electron chi connectivity index (χ0n) is 8.61. The summed E-state index contributed by atoms with van der Waals surface area (Å²) in [5.41, 5.74) is 2.16. The first-order chi connectivity index (χ1) is 7.75. The van der Waals surface area contributed by atoms with Gasteiger partial charge in [0.1, 0.15) is 0 Å². The fourth-order valence-corrected chi connectivity index (χ4v) is 2.79. The van der Waals surface area contributed by atoms with Gasteiger partial charge in [0.25, 0.3) is 0 Å². The lowest BCUT2D eigenvalue weighted by Gasteiger charge is -2.12. The summed E-state index contributed by atoms with van der Waals surface area (Å²) in [7, 11) is 0. The SMILES string of the molecule is S=c1[nH]c2ccc(Cl)cc2n1C1CC=CC1. The second kappa shape index (κ2) is 3.75. The van der Waals surface area contributed by atoms with Gasteiger partial charge in [-0.05, 0) is 43.3 Å². The van der Waals surface area contributed by atoms with Crippen molar-refractivity contribution < 1.29 is 0 Å². The normalized spacial score (nSPS) is 16.3. The summed E-state index contributed by atoms with van der Waals surface area (Å²) < 4.78 is 2.96. The molecule has 0 radical (unpaired) electrons. The molecular formula is C12H11ClN2S. The number of benzene rings is 1. The average molecular weight is 251 g/mol. The van der Waals surface area contributed by atoms with Crippen LogP contribution in [0.2, 0.25) is 5.02 Å². The summed E-state index contributed by atoms with van der Waals surface area (Å²) in [5, 5.41) is 0.751. The number of nitrogens with zero attached hydrogens (tertiary/aromatic N) is 1. The van der Waals surface area contributed by atoms with E-state index in [-0.39, 0.29) is 0 Å². The Morgan fingerprint density at radius 3 is 2.81 bits per heavy atom. The highest BCUT2D eigenvalue weighted by Crippen LogP contribution is 2.29. The van der Waals surface area contributed by atoms with Crippen LogP contribution in [-0.4, -0.2) is 9.55 Å². The van der Waals surface area contributed by atoms with Crippen LogP contribution >= 0.6 is 23.8 Å². The minimum Gasteiger partial charge on any atom is -0.331 e. The van der Waals surface area contributed by atoms with Gasteiger partial charge in [0.15, 0.2) is 4.77 Å². The van der Waals surface area contributed by atoms with Crippen LogP contribution < -0.4 is 0 Å². The Hall–Kier alpha value is -1.06. The van der Waals surface area contributed by atoms with Gasteiger partial charge in [-0.25, -0.2) is 0 Å². The van der Waals surface area contributed by atoms with E-state index in [2.05, 4.69) is 21.7 Å². The third-order valence-corrected chi connectivity index (χ3v) is 3.56. The Bertz CT molecular complexity index is 615. The summed E-state index contributed by atoms with van der Waals surface area (Å²) in [6.45, 7) is 0. The highest BCUT2D eigenvalue weighted by Gasteiger charge is 2.16. The number of halogens is 1. The number of fused-ring (bicyclic) bond motifs is 1. The molecule has 1 aliphatic rings. The molecule has 0 saturated heterocycles. The van der Waals surface area contributed by atoms with Crippen molar-refractivity contribution in [2.45, 2.75) is 18.9 Å². The van der Waals surface area contributed by atoms with Crippen LogP contribution in [0.5, 0.6) is 0 Å². The van der Waals surface area contributed by atoms with Crippen molar-refractivity contribution in [1.29, 1.82) is 0 Å². The zero-order valence-corrected chi connectivity index (χ0v) is 10.2. The molecule has 0 saturated carbocycles. The van der Waals surface area contributed by atoms with Gasteiger partial charge >= 0.3 is 0 Å². The first-order valence-corrected chi connectivity index (χ1v) is 6.09. The van der Waals surface area contributed by atoms with Crippen LogP contribution in [0.25, 0.3) is 11.0 Å². The van der Waals surface area contributed by atoms with Gasteiger partial charge in [-0.1, -0.05) is 23.8 Å². The maximum Gasteiger partial charge on any atom is 0.178 e. The topological polar surface area (TPSA) is 20.7 Å². The molecule has 0 unspecified atom stereocenters. The lowest BCUT2D eigenvalue weighted by molar-refractivity contribution is 0.544. The summed E-state index contributed by atoms with van der Waals surface area (Å²) >= 11 is 11.4. The van der Waals surface area contributed by atoms with Crippen LogP contribution in [0.1, 0.15) is 18.9 Å². The van der Waals surface area contributed by atoms with E-state index < -0.39 is 0 Å². The molecule has 2 aromatic rings. The van der Waals surface area contributed by atoms with Gasteiger partial charge in [-0.15, -0.1) is 0 Å². The number of rotatable bonds is 1. The monoisotopic (exact) mass is 250 g/mol. The van der Waals surface area contributed by atoms with Crippen molar-refractivity contribution in [3.63, 3.8) is 0 Å². The molecule has 0 fully saturated rings. The zero-order chi connectivity index (χ0) is 11.1. The molecule has 1 heterocycles. The standard InChI is InChI=1S/C12H11ClN2S/c13-8-5-6-10-11(7-8)15(12(16)14-10)9-3-1-2-4-9/h1-2,5-7,9H,3-4H2,(H,14,16). The van der Waals surface area contributed by atoms with E-state index in [9.17, 15) is 0 Å². The molecule has 82 valence electrons. The molecule has 1 N–H and O–H groups in total. The largest absolute Gasteiger partial charge is 0.331 e. The molecule has 1 aromatic heterocycles. The first kappa shape index (κ1) is 10.1. The van der Waals surface area contributed by atoms with E-state index in [1.807, 2.05) is 18.2 Å². The van der Waals surface area contributed by atoms with E-state index in [1.54, 1.807) is 0 Å². The Balaban J connectivity index is 2.25. The smallest absolute Gasteiger partial charge is 0.178 e. The molecule has 16 heavy (non-hydrogen) atoms. The first-order valence-electron chi connectivity index (χ1n) is 5.30. The molecule has 2 nitrogen and oxygen atoms in total. The fourth-order valence-electron chi connectivity index (χ4n) is 2.27. The molecule has 0 aliphatic heterocycles. The van der Waals surface area contributed by atoms with Gasteiger partial charge < -0.3 is 9.55 Å². The predicted molar refractivity (Wildman–Crippen MR) is 69.5 cm³/mol. The third-order valence-electron chi connectivity index (χ3n) is 3.03. The summed E-state index contributed by atoms with van der Waals surface area (Å²) in [4.78, 5) is 3.22. The van der Waals surface area contributed by atoms with Crippen molar-refractivity contribution in [2.24, 2.45) is 0 Å². The van der Waals surface area contributed by atoms with Crippen molar-refractivity contribution in [1.82, 2.24) is 9.55 Å². The number of hydrogen-bond donors (Lipinski definition) is 1. The van der Waals surface area contributed by atoms with Gasteiger partial charge in [0.2, 0.25) is 0 Å². The van der Waals surface area contributed by atoms with Crippen molar-refractivity contribution >= 4 is 34.9 Å². The highest BCUT2D eigenvalue weighted by molar-refractivity contribution is 7.71. The molecule has 3 rings (SSSR count). The lowest BCUT2D eigenvalue weighted by Crippen LogP contribution is -2.04. The molecule has 1 aromatic carbocycles. The van der Waals surface area contributed by atoms with Crippen molar-refractivity contribution in [3.8, 4) is 0 Å². The second-order valence-corrected chi connectivity index (χ2v) is 4.88. The summed E-state index contributed by atoms with van der Waals surface area (Å²) in [6.07, 6.45) is 6.51. The van der Waals surface area contributed by atoms with E-state index in [0.29, 0.717) is 6.04 Å². The third kappa shape index (κ3) is 1.51. The minimum absolute atomic E-state index is 0.444. The van der Waals surface area contributed by atoms with Gasteiger partial charge in [0.05, 0.1) is 11.0 Å². The fraction of sp³-hybridized carbons (Fsp3) is 0.250. The number of H-pyrrole nitrogens is 1. The molecule has 0 amide bonds. The van der Waals surface area contributed by atoms with E-state index in [0.717, 1.165) is 33.7 Å². The maximum absolute atomic E-state index is 6.03. The Kier molecular flexibility index (Phi) is 2.37. The molecular weight excluding hydrogens is 240 g/mol. The van der Waals surface area contributed by atoms with Gasteiger partial charge in [-0.2, -0.15) is 0 Å². The number of nitrogens with one attached hydrogen (secondary N) is 1. The number of allylic oxidation sites excluding steroid dienone is 2. The van der Waals surface area contributed by atoms with E-state index in [1.165, 1.54) is 0 Å². The Morgan fingerprint density at radius 1 is 1.31 bits per heavy atom. The number of aromatic amines is 1. The molecule has 0 bridgehead atoms. The summed E-state index contributed by atoms with van der Waals surface area (Å²) in [6, 6.07) is 6.28. The predicted octanol–water partition coefficient (Wildman–Crippen LogP) is 4.24. The van der Waals surface area contributed by atoms with Crippen LogP contribution in [0.3, 0.4) is 0 Å². The lowest BCUT2D eigenvalue weighted by atomic mass is 10.2. The Morgan fingerprint density at radius 2 is 2.06 bits per heavy atom. The quantitative estimate of drug-likeness (QED) is 0.593. The van der Waals surface area contributed by atoms with Crippen LogP contribution in [-0.2, 0) is 0 Å². The van der Waals surface area contributed by atoms with Crippen LogP contribution in [0.4, 0.5) is 0 Å². The molecule has 0 spiro atoms. The van der Waals surface area contributed by atoms with E-state index in [4.69, 9.17) is 23.8 Å². The van der Waals surface area contributed by atoms with Crippen LogP contribution in [0, 0.1) is 4.77 Å². The molecule has 0 atom stereocenters. The second-order valence-electron chi connectivity index (χ2n) is 4.06. The van der Waals surface area contributed by atoms with Gasteiger partial charge in [-0.3, -0.25) is 0 Å². The van der Waals surface area contributed by atoms with Gasteiger partial charge in [0, 0.05) is 11.1 Å². The average Bonchev–Trinajstić information content (AvgIpc) is 2.83. The minimum atomic E-state index is 0.444. The number of imidazole rings is 1. The maximum atomic E-state index is 6.03. The van der Waals surface area contributed by atoms with Crippen LogP contribution in [0.15, 0.2) is 30.4 Å². The number of aromatic nitrogens is 2. The van der Waals surface area contributed by atoms with Crippen molar-refractivity contribution in [3.05, 3.63) is 40.1 Å². The highest BCUT2D eigenvalue weighted by atomic mass is 35.5. The molecule has 4 heteroatoms.